The summed E-state index contributed by atoms with van der Waals surface area (Å²) in [6.45, 7) is 0. The molecule has 0 aliphatic heterocycles. The number of nitro benzene ring substituents is 1. The summed E-state index contributed by atoms with van der Waals surface area (Å²) in [6.07, 6.45) is 0.462. The molecule has 0 aliphatic rings. The third-order valence-electron chi connectivity index (χ3n) is 2.96. The molecule has 1 atom stereocenters. The summed E-state index contributed by atoms with van der Waals surface area (Å²) in [4.78, 5) is 10.1. The van der Waals surface area contributed by atoms with Gasteiger partial charge in [0.15, 0.2) is 0 Å². The van der Waals surface area contributed by atoms with Crippen LogP contribution >= 0.6 is 11.6 Å². The largest absolute Gasteiger partial charge is 0.324 e. The second-order valence-electron chi connectivity index (χ2n) is 4.40. The maximum Gasteiger partial charge on any atom is 0.269 e. The first-order chi connectivity index (χ1) is 9.47. The maximum absolute atomic E-state index is 13.0. The van der Waals surface area contributed by atoms with E-state index >= 15 is 0 Å². The van der Waals surface area contributed by atoms with Gasteiger partial charge < -0.3 is 5.73 Å². The van der Waals surface area contributed by atoms with E-state index in [-0.39, 0.29) is 10.7 Å². The van der Waals surface area contributed by atoms with Gasteiger partial charge in [0, 0.05) is 23.2 Å². The zero-order chi connectivity index (χ0) is 14.7. The molecule has 2 aromatic rings. The molecule has 104 valence electrons. The van der Waals surface area contributed by atoms with Crippen molar-refractivity contribution in [3.8, 4) is 0 Å². The molecule has 0 radical (unpaired) electrons. The van der Waals surface area contributed by atoms with E-state index in [1.807, 2.05) is 0 Å². The predicted octanol–water partition coefficient (Wildman–Crippen LogP) is 3.63. The Morgan fingerprint density at radius 3 is 2.45 bits per heavy atom. The molecule has 6 heteroatoms. The molecule has 0 fully saturated rings. The van der Waals surface area contributed by atoms with Crippen LogP contribution in [0.5, 0.6) is 0 Å². The van der Waals surface area contributed by atoms with Gasteiger partial charge in [-0.3, -0.25) is 10.1 Å². The Hall–Kier alpha value is -1.98. The fraction of sp³-hybridized carbons (Fsp3) is 0.143. The van der Waals surface area contributed by atoms with Gasteiger partial charge in [-0.15, -0.1) is 0 Å². The summed E-state index contributed by atoms with van der Waals surface area (Å²) >= 11 is 5.95. The van der Waals surface area contributed by atoms with Crippen LogP contribution in [0.1, 0.15) is 17.2 Å². The van der Waals surface area contributed by atoms with Crippen molar-refractivity contribution in [3.63, 3.8) is 0 Å². The average Bonchev–Trinajstić information content (AvgIpc) is 2.39. The van der Waals surface area contributed by atoms with Crippen molar-refractivity contribution >= 4 is 17.3 Å². The van der Waals surface area contributed by atoms with Gasteiger partial charge in [-0.05, 0) is 29.7 Å². The number of hydrogen-bond donors (Lipinski definition) is 1. The molecule has 2 aromatic carbocycles. The minimum Gasteiger partial charge on any atom is -0.324 e. The molecule has 1 unspecified atom stereocenters. The van der Waals surface area contributed by atoms with Gasteiger partial charge in [0.05, 0.1) is 4.92 Å². The van der Waals surface area contributed by atoms with Crippen LogP contribution in [0, 0.1) is 15.9 Å². The van der Waals surface area contributed by atoms with Gasteiger partial charge in [-0.1, -0.05) is 29.8 Å². The molecule has 0 saturated carbocycles. The number of halogens is 2. The van der Waals surface area contributed by atoms with Crippen molar-refractivity contribution in [1.82, 2.24) is 0 Å². The fourth-order valence-electron chi connectivity index (χ4n) is 1.92. The molecule has 0 aromatic heterocycles. The third kappa shape index (κ3) is 3.31. The van der Waals surface area contributed by atoms with Crippen molar-refractivity contribution in [1.29, 1.82) is 0 Å². The average molecular weight is 295 g/mol. The lowest BCUT2D eigenvalue weighted by atomic mass is 9.99. The molecule has 2 rings (SSSR count). The molecular weight excluding hydrogens is 283 g/mol. The zero-order valence-electron chi connectivity index (χ0n) is 10.4. The van der Waals surface area contributed by atoms with Gasteiger partial charge in [-0.25, -0.2) is 4.39 Å². The lowest BCUT2D eigenvalue weighted by molar-refractivity contribution is -0.384. The smallest absolute Gasteiger partial charge is 0.269 e. The highest BCUT2D eigenvalue weighted by Gasteiger charge is 2.12. The third-order valence-corrected chi connectivity index (χ3v) is 3.29. The molecule has 0 amide bonds. The van der Waals surface area contributed by atoms with Crippen LogP contribution < -0.4 is 5.73 Å². The molecular formula is C14H12ClFN2O2. The van der Waals surface area contributed by atoms with E-state index in [0.29, 0.717) is 12.0 Å². The molecule has 0 spiro atoms. The lowest BCUT2D eigenvalue weighted by Crippen LogP contribution is -2.14. The predicted molar refractivity (Wildman–Crippen MR) is 75.1 cm³/mol. The molecule has 2 N–H and O–H groups in total. The number of nitrogens with two attached hydrogens (primary N) is 1. The molecule has 0 saturated heterocycles. The quantitative estimate of drug-likeness (QED) is 0.691. The van der Waals surface area contributed by atoms with E-state index in [1.165, 1.54) is 24.3 Å². The summed E-state index contributed by atoms with van der Waals surface area (Å²) in [5.41, 5.74) is 7.56. The van der Waals surface area contributed by atoms with Crippen LogP contribution in [0.15, 0.2) is 42.5 Å². The number of rotatable bonds is 4. The Morgan fingerprint density at radius 2 is 1.90 bits per heavy atom. The van der Waals surface area contributed by atoms with Gasteiger partial charge in [0.25, 0.3) is 5.69 Å². The Balaban J connectivity index is 2.14. The lowest BCUT2D eigenvalue weighted by Gasteiger charge is -2.13. The van der Waals surface area contributed by atoms with Crippen molar-refractivity contribution in [2.75, 3.05) is 0 Å². The monoisotopic (exact) mass is 294 g/mol. The molecule has 4 nitrogen and oxygen atoms in total. The standard InChI is InChI=1S/C14H12ClFN2O2/c15-13-8-10(16)3-6-12(13)14(17)7-9-1-4-11(5-2-9)18(19)20/h1-6,8,14H,7,17H2. The Labute approximate surface area is 120 Å². The van der Waals surface area contributed by atoms with Gasteiger partial charge in [-0.2, -0.15) is 0 Å². The number of nitro groups is 1. The molecule has 0 aliphatic carbocycles. The number of nitrogens with zero attached hydrogens (tertiary/aromatic N) is 1. The van der Waals surface area contributed by atoms with E-state index in [0.717, 1.165) is 5.56 Å². The van der Waals surface area contributed by atoms with Crippen LogP contribution in [-0.4, -0.2) is 4.92 Å². The van der Waals surface area contributed by atoms with Crippen LogP contribution in [-0.2, 0) is 6.42 Å². The van der Waals surface area contributed by atoms with Crippen molar-refractivity contribution in [2.45, 2.75) is 12.5 Å². The summed E-state index contributed by atoms with van der Waals surface area (Å²) in [6, 6.07) is 9.81. The summed E-state index contributed by atoms with van der Waals surface area (Å²) in [7, 11) is 0. The summed E-state index contributed by atoms with van der Waals surface area (Å²) < 4.78 is 13.0. The minimum atomic E-state index is -0.458. The topological polar surface area (TPSA) is 69.2 Å². The Morgan fingerprint density at radius 1 is 1.25 bits per heavy atom. The highest BCUT2D eigenvalue weighted by atomic mass is 35.5. The zero-order valence-corrected chi connectivity index (χ0v) is 11.2. The Bertz CT molecular complexity index is 632. The van der Waals surface area contributed by atoms with Crippen LogP contribution in [0.25, 0.3) is 0 Å². The first kappa shape index (κ1) is 14.4. The van der Waals surface area contributed by atoms with Crippen molar-refractivity contribution in [3.05, 3.63) is 74.5 Å². The highest BCUT2D eigenvalue weighted by Crippen LogP contribution is 2.25. The number of non-ortho nitro benzene ring substituents is 1. The SMILES string of the molecule is NC(Cc1ccc([N+](=O)[O-])cc1)c1ccc(F)cc1Cl. The van der Waals surface area contributed by atoms with Crippen molar-refractivity contribution < 1.29 is 9.31 Å². The van der Waals surface area contributed by atoms with Crippen LogP contribution in [0.4, 0.5) is 10.1 Å². The number of hydrogen-bond acceptors (Lipinski definition) is 3. The molecule has 20 heavy (non-hydrogen) atoms. The summed E-state index contributed by atoms with van der Waals surface area (Å²) in [5, 5.41) is 10.8. The molecule has 0 heterocycles. The summed E-state index contributed by atoms with van der Waals surface area (Å²) in [5.74, 6) is -0.415. The first-order valence-corrected chi connectivity index (χ1v) is 6.29. The first-order valence-electron chi connectivity index (χ1n) is 5.91. The van der Waals surface area contributed by atoms with Crippen LogP contribution in [0.3, 0.4) is 0 Å². The van der Waals surface area contributed by atoms with E-state index in [2.05, 4.69) is 0 Å². The van der Waals surface area contributed by atoms with Crippen LogP contribution in [0.2, 0.25) is 5.02 Å². The van der Waals surface area contributed by atoms with Gasteiger partial charge >= 0.3 is 0 Å². The fourth-order valence-corrected chi connectivity index (χ4v) is 2.23. The normalized spacial score (nSPS) is 12.2. The number of benzene rings is 2. The second kappa shape index (κ2) is 5.98. The second-order valence-corrected chi connectivity index (χ2v) is 4.81. The van der Waals surface area contributed by atoms with Crippen molar-refractivity contribution in [2.24, 2.45) is 5.73 Å². The van der Waals surface area contributed by atoms with E-state index in [1.54, 1.807) is 18.2 Å². The van der Waals surface area contributed by atoms with Gasteiger partial charge in [0.2, 0.25) is 0 Å². The minimum absolute atomic E-state index is 0.0298. The van der Waals surface area contributed by atoms with Gasteiger partial charge in [0.1, 0.15) is 5.82 Å². The van der Waals surface area contributed by atoms with E-state index in [4.69, 9.17) is 17.3 Å². The van der Waals surface area contributed by atoms with E-state index in [9.17, 15) is 14.5 Å². The Kier molecular flexibility index (Phi) is 4.32. The highest BCUT2D eigenvalue weighted by molar-refractivity contribution is 6.31. The van der Waals surface area contributed by atoms with E-state index < -0.39 is 16.8 Å². The maximum atomic E-state index is 13.0. The molecule has 0 bridgehead atoms.